The molecule has 0 aromatic heterocycles. The van der Waals surface area contributed by atoms with Gasteiger partial charge >= 0.3 is 17.9 Å². The van der Waals surface area contributed by atoms with Crippen molar-refractivity contribution >= 4 is 17.9 Å². The Balaban J connectivity index is 4.50. The molecule has 3 atom stereocenters. The zero-order valence-corrected chi connectivity index (χ0v) is 28.4. The molecule has 0 fully saturated rings. The summed E-state index contributed by atoms with van der Waals surface area (Å²) < 4.78 is 0.603. The zero-order chi connectivity index (χ0) is 32.3. The summed E-state index contributed by atoms with van der Waals surface area (Å²) in [5, 5.41) is 28.3. The molecule has 7 nitrogen and oxygen atoms in total. The standard InChI is InChI=1S/C36H67NO6/c1-5-6-7-8-9-10-11-12-13-14-15-16-17-18-19-20-21-22-23-27-37(28-24-31(2)34(38)39,29-25-32(3)35(40)41)30-26-33(4)36(42)43/h17-18,31-33H,5-16,19-30H2,1-4H3,(H2-,38,39,40,41,42,43)/p+1/b18-17+. The number of carboxylic acid groups (broad SMARTS) is 3. The number of unbranched alkanes of at least 4 members (excludes halogenated alkanes) is 15. The van der Waals surface area contributed by atoms with Crippen molar-refractivity contribution in [1.82, 2.24) is 0 Å². The van der Waals surface area contributed by atoms with Crippen molar-refractivity contribution in [3.63, 3.8) is 0 Å². The number of rotatable bonds is 31. The van der Waals surface area contributed by atoms with Crippen LogP contribution in [0.2, 0.25) is 0 Å². The van der Waals surface area contributed by atoms with Crippen LogP contribution >= 0.6 is 0 Å². The minimum Gasteiger partial charge on any atom is -0.481 e. The predicted octanol–water partition coefficient (Wildman–Crippen LogP) is 9.34. The molecule has 0 aliphatic rings. The van der Waals surface area contributed by atoms with E-state index in [1.54, 1.807) is 20.8 Å². The molecule has 0 amide bonds. The Morgan fingerprint density at radius 1 is 0.488 bits per heavy atom. The molecule has 0 rings (SSSR count). The number of hydrogen-bond donors (Lipinski definition) is 3. The summed E-state index contributed by atoms with van der Waals surface area (Å²) in [6.45, 7) is 10.1. The predicted molar refractivity (Wildman–Crippen MR) is 177 cm³/mol. The third-order valence-corrected chi connectivity index (χ3v) is 9.27. The second-order valence-electron chi connectivity index (χ2n) is 13.3. The van der Waals surface area contributed by atoms with Crippen LogP contribution in [-0.4, -0.2) is 63.9 Å². The first kappa shape index (κ1) is 41.1. The highest BCUT2D eigenvalue weighted by Gasteiger charge is 2.31. The number of carboxylic acids is 3. The first-order valence-electron chi connectivity index (χ1n) is 17.7. The summed E-state index contributed by atoms with van der Waals surface area (Å²) in [6.07, 6.45) is 27.9. The lowest BCUT2D eigenvalue weighted by atomic mass is 10.0. The Morgan fingerprint density at radius 3 is 1.12 bits per heavy atom. The normalized spacial score (nSPS) is 15.3. The van der Waals surface area contributed by atoms with Crippen molar-refractivity contribution in [3.8, 4) is 0 Å². The molecule has 0 aliphatic heterocycles. The van der Waals surface area contributed by atoms with Crippen LogP contribution in [0.1, 0.15) is 156 Å². The average Bonchev–Trinajstić information content (AvgIpc) is 2.97. The largest absolute Gasteiger partial charge is 0.481 e. The monoisotopic (exact) mass is 611 g/mol. The minimum atomic E-state index is -0.826. The highest BCUT2D eigenvalue weighted by atomic mass is 16.4. The second-order valence-corrected chi connectivity index (χ2v) is 13.3. The highest BCUT2D eigenvalue weighted by molar-refractivity contribution is 5.70. The number of quaternary nitrogens is 1. The lowest BCUT2D eigenvalue weighted by molar-refractivity contribution is -0.929. The van der Waals surface area contributed by atoms with Gasteiger partial charge in [-0.05, 0) is 38.5 Å². The Bertz CT molecular complexity index is 692. The van der Waals surface area contributed by atoms with E-state index in [2.05, 4.69) is 19.1 Å². The van der Waals surface area contributed by atoms with Crippen molar-refractivity contribution in [2.24, 2.45) is 17.8 Å². The van der Waals surface area contributed by atoms with Gasteiger partial charge in [0.1, 0.15) is 0 Å². The molecule has 7 heteroatoms. The maximum atomic E-state index is 11.5. The molecule has 0 aliphatic carbocycles. The second kappa shape index (κ2) is 26.5. The van der Waals surface area contributed by atoms with Gasteiger partial charge in [0, 0.05) is 19.3 Å². The van der Waals surface area contributed by atoms with Crippen molar-refractivity contribution in [3.05, 3.63) is 12.2 Å². The van der Waals surface area contributed by atoms with E-state index in [1.165, 1.54) is 77.0 Å². The Hall–Kier alpha value is -1.89. The van der Waals surface area contributed by atoms with Gasteiger partial charge in [-0.15, -0.1) is 0 Å². The molecule has 3 N–H and O–H groups in total. The Kier molecular flexibility index (Phi) is 25.3. The van der Waals surface area contributed by atoms with E-state index in [9.17, 15) is 29.7 Å². The number of carbonyl (C=O) groups is 3. The fraction of sp³-hybridized carbons (Fsp3) is 0.861. The lowest BCUT2D eigenvalue weighted by Gasteiger charge is -2.40. The summed E-state index contributed by atoms with van der Waals surface area (Å²) in [7, 11) is 0. The van der Waals surface area contributed by atoms with E-state index in [0.717, 1.165) is 38.6 Å². The average molecular weight is 611 g/mol. The van der Waals surface area contributed by atoms with Gasteiger partial charge in [0.15, 0.2) is 0 Å². The van der Waals surface area contributed by atoms with E-state index in [-0.39, 0.29) is 0 Å². The quantitative estimate of drug-likeness (QED) is 0.0410. The van der Waals surface area contributed by atoms with Crippen LogP contribution in [0.3, 0.4) is 0 Å². The molecule has 0 radical (unpaired) electrons. The van der Waals surface area contributed by atoms with E-state index in [0.29, 0.717) is 43.4 Å². The van der Waals surface area contributed by atoms with Crippen molar-refractivity contribution < 1.29 is 34.2 Å². The van der Waals surface area contributed by atoms with Crippen LogP contribution < -0.4 is 0 Å². The highest BCUT2D eigenvalue weighted by Crippen LogP contribution is 2.22. The van der Waals surface area contributed by atoms with E-state index in [1.807, 2.05) is 0 Å². The minimum absolute atomic E-state index is 0.483. The van der Waals surface area contributed by atoms with Gasteiger partial charge in [0.2, 0.25) is 0 Å². The van der Waals surface area contributed by atoms with Crippen LogP contribution in [0.15, 0.2) is 12.2 Å². The Labute approximate surface area is 264 Å². The third kappa shape index (κ3) is 23.2. The van der Waals surface area contributed by atoms with Crippen molar-refractivity contribution in [2.75, 3.05) is 26.2 Å². The molecule has 43 heavy (non-hydrogen) atoms. The van der Waals surface area contributed by atoms with Crippen molar-refractivity contribution in [2.45, 2.75) is 156 Å². The first-order chi connectivity index (χ1) is 20.5. The number of nitrogens with zero attached hydrogens (tertiary/aromatic N) is 1. The van der Waals surface area contributed by atoms with Crippen LogP contribution in [-0.2, 0) is 14.4 Å². The van der Waals surface area contributed by atoms with Gasteiger partial charge < -0.3 is 19.8 Å². The number of allylic oxidation sites excluding steroid dienone is 2. The molecule has 0 heterocycles. The summed E-state index contributed by atoms with van der Waals surface area (Å²) in [4.78, 5) is 34.5. The molecule has 0 bridgehead atoms. The number of hydrogen-bond acceptors (Lipinski definition) is 3. The van der Waals surface area contributed by atoms with Crippen LogP contribution in [0, 0.1) is 17.8 Å². The fourth-order valence-electron chi connectivity index (χ4n) is 5.67. The summed E-state index contributed by atoms with van der Waals surface area (Å²) in [6, 6.07) is 0. The molecule has 252 valence electrons. The summed E-state index contributed by atoms with van der Waals surface area (Å²) in [5.74, 6) is -3.93. The van der Waals surface area contributed by atoms with Gasteiger partial charge in [-0.2, -0.15) is 0 Å². The van der Waals surface area contributed by atoms with E-state index >= 15 is 0 Å². The molecular weight excluding hydrogens is 542 g/mol. The smallest absolute Gasteiger partial charge is 0.306 e. The molecule has 3 unspecified atom stereocenters. The molecule has 0 saturated heterocycles. The number of aliphatic carboxylic acids is 3. The van der Waals surface area contributed by atoms with Gasteiger partial charge in [0.05, 0.1) is 43.9 Å². The van der Waals surface area contributed by atoms with Crippen LogP contribution in [0.5, 0.6) is 0 Å². The third-order valence-electron chi connectivity index (χ3n) is 9.27. The Morgan fingerprint density at radius 2 is 0.791 bits per heavy atom. The van der Waals surface area contributed by atoms with Gasteiger partial charge in [-0.25, -0.2) is 0 Å². The summed E-state index contributed by atoms with van der Waals surface area (Å²) in [5.41, 5.74) is 0. The molecular formula is C36H68NO6+. The zero-order valence-electron chi connectivity index (χ0n) is 28.4. The van der Waals surface area contributed by atoms with Gasteiger partial charge in [0.25, 0.3) is 0 Å². The van der Waals surface area contributed by atoms with E-state index < -0.39 is 35.7 Å². The van der Waals surface area contributed by atoms with Crippen molar-refractivity contribution in [1.29, 1.82) is 0 Å². The topological polar surface area (TPSA) is 112 Å². The lowest BCUT2D eigenvalue weighted by Crippen LogP contribution is -2.52. The van der Waals surface area contributed by atoms with Gasteiger partial charge in [-0.3, -0.25) is 14.4 Å². The summed E-state index contributed by atoms with van der Waals surface area (Å²) >= 11 is 0. The van der Waals surface area contributed by atoms with Gasteiger partial charge in [-0.1, -0.05) is 110 Å². The van der Waals surface area contributed by atoms with E-state index in [4.69, 9.17) is 0 Å². The van der Waals surface area contributed by atoms with Crippen LogP contribution in [0.25, 0.3) is 0 Å². The maximum Gasteiger partial charge on any atom is 0.306 e. The molecule has 0 saturated carbocycles. The molecule has 0 aromatic rings. The fourth-order valence-corrected chi connectivity index (χ4v) is 5.67. The first-order valence-corrected chi connectivity index (χ1v) is 17.7. The van der Waals surface area contributed by atoms with Crippen LogP contribution in [0.4, 0.5) is 0 Å². The SMILES string of the molecule is CCCCCCCCCCCCC/C=C/CCCCCC[N+](CCC(C)C(=O)O)(CCC(C)C(=O)O)CCC(C)C(=O)O. The molecule has 0 spiro atoms. The molecule has 0 aromatic carbocycles. The maximum absolute atomic E-state index is 11.5.